The molecular formula is C17H28N4O3S2. The molecule has 0 spiro atoms. The smallest absolute Gasteiger partial charge is 0.233 e. The van der Waals surface area contributed by atoms with E-state index in [4.69, 9.17) is 0 Å². The topological polar surface area (TPSA) is 96.0 Å². The summed E-state index contributed by atoms with van der Waals surface area (Å²) >= 11 is 1.33. The summed E-state index contributed by atoms with van der Waals surface area (Å²) in [5.74, 6) is 2.10. The quantitative estimate of drug-likeness (QED) is 0.671. The van der Waals surface area contributed by atoms with E-state index in [9.17, 15) is 13.2 Å². The van der Waals surface area contributed by atoms with Crippen molar-refractivity contribution < 1.29 is 13.2 Å². The van der Waals surface area contributed by atoms with Crippen LogP contribution in [0.2, 0.25) is 0 Å². The highest BCUT2D eigenvalue weighted by Gasteiger charge is 2.34. The summed E-state index contributed by atoms with van der Waals surface area (Å²) in [6.45, 7) is 2.60. The van der Waals surface area contributed by atoms with E-state index in [2.05, 4.69) is 15.2 Å². The van der Waals surface area contributed by atoms with Crippen LogP contribution in [0.3, 0.4) is 0 Å². The molecule has 9 heteroatoms. The second-order valence-electron chi connectivity index (χ2n) is 7.35. The standard InChI is InChI=1S/C17H28N4O3S2/c1-2-8-21(14-7-9-26(23,24)12-14)16(22)11-25-17-18-15(19-20-17)10-13-5-3-4-6-13/h13-14H,2-12H2,1H3,(H,18,19,20)/t14-/m0/s1. The van der Waals surface area contributed by atoms with Crippen molar-refractivity contribution in [2.45, 2.75) is 63.1 Å². The molecule has 2 heterocycles. The van der Waals surface area contributed by atoms with E-state index in [0.29, 0.717) is 24.0 Å². The molecule has 0 radical (unpaired) electrons. The Morgan fingerprint density at radius 1 is 1.31 bits per heavy atom. The number of aromatic nitrogens is 3. The summed E-state index contributed by atoms with van der Waals surface area (Å²) in [5, 5.41) is 7.81. The van der Waals surface area contributed by atoms with Gasteiger partial charge in [0, 0.05) is 19.0 Å². The third-order valence-electron chi connectivity index (χ3n) is 5.23. The van der Waals surface area contributed by atoms with E-state index in [1.54, 1.807) is 4.90 Å². The zero-order valence-corrected chi connectivity index (χ0v) is 16.9. The summed E-state index contributed by atoms with van der Waals surface area (Å²) in [6.07, 6.45) is 7.43. The molecule has 1 amide bonds. The summed E-state index contributed by atoms with van der Waals surface area (Å²) in [6, 6.07) is -0.182. The van der Waals surface area contributed by atoms with Crippen molar-refractivity contribution in [2.24, 2.45) is 5.92 Å². The number of sulfone groups is 1. The number of hydrogen-bond acceptors (Lipinski definition) is 6. The molecule has 1 N–H and O–H groups in total. The van der Waals surface area contributed by atoms with Gasteiger partial charge < -0.3 is 4.90 Å². The largest absolute Gasteiger partial charge is 0.338 e. The second kappa shape index (κ2) is 8.73. The lowest BCUT2D eigenvalue weighted by atomic mass is 10.0. The van der Waals surface area contributed by atoms with E-state index in [-0.39, 0.29) is 29.2 Å². The maximum Gasteiger partial charge on any atom is 0.233 e. The average molecular weight is 401 g/mol. The van der Waals surface area contributed by atoms with Crippen LogP contribution in [-0.4, -0.2) is 64.3 Å². The van der Waals surface area contributed by atoms with Crippen LogP contribution in [0.15, 0.2) is 5.16 Å². The molecule has 1 aromatic heterocycles. The molecule has 26 heavy (non-hydrogen) atoms. The van der Waals surface area contributed by atoms with Gasteiger partial charge in [-0.3, -0.25) is 9.89 Å². The van der Waals surface area contributed by atoms with E-state index in [1.165, 1.54) is 37.4 Å². The number of carbonyl (C=O) groups excluding carboxylic acids is 1. The molecule has 1 aromatic rings. The molecule has 1 atom stereocenters. The molecule has 1 aliphatic carbocycles. The molecule has 1 saturated carbocycles. The molecule has 2 fully saturated rings. The van der Waals surface area contributed by atoms with Crippen LogP contribution in [0.1, 0.15) is 51.3 Å². The highest BCUT2D eigenvalue weighted by atomic mass is 32.2. The third-order valence-corrected chi connectivity index (χ3v) is 7.81. The minimum Gasteiger partial charge on any atom is -0.338 e. The number of nitrogens with zero attached hydrogens (tertiary/aromatic N) is 3. The number of hydrogen-bond donors (Lipinski definition) is 1. The minimum absolute atomic E-state index is 0.0268. The van der Waals surface area contributed by atoms with Gasteiger partial charge in [-0.1, -0.05) is 44.4 Å². The molecule has 3 rings (SSSR count). The number of rotatable bonds is 8. The maximum absolute atomic E-state index is 12.6. The van der Waals surface area contributed by atoms with Crippen LogP contribution >= 0.6 is 11.8 Å². The fraction of sp³-hybridized carbons (Fsp3) is 0.824. The van der Waals surface area contributed by atoms with E-state index >= 15 is 0 Å². The SMILES string of the molecule is CCCN(C(=O)CSc1n[nH]c(CC2CCCC2)n1)[C@H]1CCS(=O)(=O)C1. The Kier molecular flexibility index (Phi) is 6.60. The molecule has 1 saturated heterocycles. The Bertz CT molecular complexity index is 713. The molecule has 0 unspecified atom stereocenters. The number of thioether (sulfide) groups is 1. The Labute approximate surface area is 159 Å². The van der Waals surface area contributed by atoms with Gasteiger partial charge in [-0.15, -0.1) is 5.10 Å². The Hall–Kier alpha value is -1.09. The van der Waals surface area contributed by atoms with Crippen molar-refractivity contribution in [1.82, 2.24) is 20.1 Å². The Balaban J connectivity index is 1.52. The van der Waals surface area contributed by atoms with Gasteiger partial charge in [-0.25, -0.2) is 13.4 Å². The Morgan fingerprint density at radius 2 is 2.08 bits per heavy atom. The lowest BCUT2D eigenvalue weighted by Crippen LogP contribution is -2.42. The van der Waals surface area contributed by atoms with Gasteiger partial charge in [0.2, 0.25) is 11.1 Å². The van der Waals surface area contributed by atoms with E-state index in [1.807, 2.05) is 6.92 Å². The van der Waals surface area contributed by atoms with Crippen LogP contribution in [-0.2, 0) is 21.1 Å². The van der Waals surface area contributed by atoms with Crippen LogP contribution in [0.4, 0.5) is 0 Å². The van der Waals surface area contributed by atoms with Gasteiger partial charge in [0.25, 0.3) is 0 Å². The first-order valence-electron chi connectivity index (χ1n) is 9.51. The third kappa shape index (κ3) is 5.22. The number of nitrogens with one attached hydrogen (secondary N) is 1. The second-order valence-corrected chi connectivity index (χ2v) is 10.5. The average Bonchev–Trinajstić information content (AvgIpc) is 3.33. The number of H-pyrrole nitrogens is 1. The molecule has 1 aliphatic heterocycles. The highest BCUT2D eigenvalue weighted by molar-refractivity contribution is 7.99. The summed E-state index contributed by atoms with van der Waals surface area (Å²) < 4.78 is 23.5. The number of aromatic amines is 1. The first-order chi connectivity index (χ1) is 12.5. The molecule has 146 valence electrons. The van der Waals surface area contributed by atoms with Gasteiger partial charge in [0.15, 0.2) is 9.84 Å². The monoisotopic (exact) mass is 400 g/mol. The van der Waals surface area contributed by atoms with Crippen LogP contribution in [0.5, 0.6) is 0 Å². The van der Waals surface area contributed by atoms with E-state index < -0.39 is 9.84 Å². The first-order valence-corrected chi connectivity index (χ1v) is 12.3. The first kappa shape index (κ1) is 19.7. The lowest BCUT2D eigenvalue weighted by molar-refractivity contribution is -0.130. The predicted molar refractivity (Wildman–Crippen MR) is 102 cm³/mol. The summed E-state index contributed by atoms with van der Waals surface area (Å²) in [7, 11) is -3.00. The molecule has 0 aromatic carbocycles. The summed E-state index contributed by atoms with van der Waals surface area (Å²) in [4.78, 5) is 18.9. The van der Waals surface area contributed by atoms with Crippen LogP contribution in [0, 0.1) is 5.92 Å². The Morgan fingerprint density at radius 3 is 2.73 bits per heavy atom. The number of amides is 1. The predicted octanol–water partition coefficient (Wildman–Crippen LogP) is 2.06. The van der Waals surface area contributed by atoms with Gasteiger partial charge in [-0.2, -0.15) is 0 Å². The van der Waals surface area contributed by atoms with Gasteiger partial charge in [-0.05, 0) is 18.8 Å². The lowest BCUT2D eigenvalue weighted by Gasteiger charge is -2.27. The van der Waals surface area contributed by atoms with Crippen molar-refractivity contribution in [2.75, 3.05) is 23.8 Å². The van der Waals surface area contributed by atoms with Gasteiger partial charge >= 0.3 is 0 Å². The highest BCUT2D eigenvalue weighted by Crippen LogP contribution is 2.27. The minimum atomic E-state index is -3.00. The molecule has 7 nitrogen and oxygen atoms in total. The van der Waals surface area contributed by atoms with Crippen molar-refractivity contribution in [3.63, 3.8) is 0 Å². The zero-order valence-electron chi connectivity index (χ0n) is 15.3. The normalized spacial score (nSPS) is 22.7. The van der Waals surface area contributed by atoms with Crippen molar-refractivity contribution in [3.05, 3.63) is 5.82 Å². The van der Waals surface area contributed by atoms with E-state index in [0.717, 1.165) is 18.7 Å². The number of carbonyl (C=O) groups is 1. The maximum atomic E-state index is 12.6. The fourth-order valence-electron chi connectivity index (χ4n) is 3.90. The van der Waals surface area contributed by atoms with Gasteiger partial charge in [0.1, 0.15) is 5.82 Å². The zero-order chi connectivity index (χ0) is 18.6. The fourth-order valence-corrected chi connectivity index (χ4v) is 6.34. The summed E-state index contributed by atoms with van der Waals surface area (Å²) in [5.41, 5.74) is 0. The van der Waals surface area contributed by atoms with Crippen LogP contribution < -0.4 is 0 Å². The van der Waals surface area contributed by atoms with Crippen molar-refractivity contribution in [1.29, 1.82) is 0 Å². The molecule has 2 aliphatic rings. The van der Waals surface area contributed by atoms with Crippen molar-refractivity contribution in [3.8, 4) is 0 Å². The van der Waals surface area contributed by atoms with Gasteiger partial charge in [0.05, 0.1) is 17.3 Å². The van der Waals surface area contributed by atoms with Crippen molar-refractivity contribution >= 4 is 27.5 Å². The van der Waals surface area contributed by atoms with Crippen LogP contribution in [0.25, 0.3) is 0 Å². The molecule has 0 bridgehead atoms. The molecular weight excluding hydrogens is 372 g/mol.